The average molecular weight is 221 g/mol. The molecule has 0 aromatic carbocycles. The van der Waals surface area contributed by atoms with Gasteiger partial charge in [-0.1, -0.05) is 6.07 Å². The lowest BCUT2D eigenvalue weighted by Crippen LogP contribution is -2.21. The van der Waals surface area contributed by atoms with Gasteiger partial charge < -0.3 is 10.6 Å². The summed E-state index contributed by atoms with van der Waals surface area (Å²) in [7, 11) is 1.66. The number of amides is 1. The molecule has 0 unspecified atom stereocenters. The number of aromatic nitrogens is 1. The number of carbonyl (C=O) groups is 1. The lowest BCUT2D eigenvalue weighted by Gasteiger charge is -2.06. The lowest BCUT2D eigenvalue weighted by molar-refractivity contribution is -0.120. The van der Waals surface area contributed by atoms with E-state index in [-0.39, 0.29) is 5.91 Å². The smallest absolute Gasteiger partial charge is 0.219 e. The van der Waals surface area contributed by atoms with Crippen LogP contribution in [0.25, 0.3) is 0 Å². The molecule has 1 aromatic rings. The Labute approximate surface area is 96.5 Å². The van der Waals surface area contributed by atoms with Crippen molar-refractivity contribution in [1.82, 2.24) is 15.6 Å². The molecule has 0 fully saturated rings. The standard InChI is InChI=1S/C12H19N3O/c1-10-5-3-8-15-11(10)9-14-7-4-6-12(16)13-2/h3,5,8,14H,4,6-7,9H2,1-2H3,(H,13,16). The second kappa shape index (κ2) is 6.95. The van der Waals surface area contributed by atoms with Crippen molar-refractivity contribution in [3.63, 3.8) is 0 Å². The topological polar surface area (TPSA) is 54.0 Å². The number of hydrogen-bond donors (Lipinski definition) is 2. The van der Waals surface area contributed by atoms with Gasteiger partial charge in [0.1, 0.15) is 0 Å². The molecular formula is C12H19N3O. The van der Waals surface area contributed by atoms with E-state index in [2.05, 4.69) is 28.6 Å². The molecule has 4 nitrogen and oxygen atoms in total. The highest BCUT2D eigenvalue weighted by atomic mass is 16.1. The molecule has 1 rings (SSSR count). The van der Waals surface area contributed by atoms with E-state index in [1.54, 1.807) is 13.2 Å². The fourth-order valence-corrected chi connectivity index (χ4v) is 1.41. The Morgan fingerprint density at radius 2 is 2.31 bits per heavy atom. The van der Waals surface area contributed by atoms with Crippen LogP contribution in [0.15, 0.2) is 18.3 Å². The summed E-state index contributed by atoms with van der Waals surface area (Å²) in [5, 5.41) is 5.88. The van der Waals surface area contributed by atoms with E-state index in [0.29, 0.717) is 6.42 Å². The first kappa shape index (κ1) is 12.6. The van der Waals surface area contributed by atoms with Crippen LogP contribution in [0.2, 0.25) is 0 Å². The van der Waals surface area contributed by atoms with Gasteiger partial charge in [0, 0.05) is 26.2 Å². The summed E-state index contributed by atoms with van der Waals surface area (Å²) >= 11 is 0. The number of hydrogen-bond acceptors (Lipinski definition) is 3. The van der Waals surface area contributed by atoms with Crippen molar-refractivity contribution in [2.75, 3.05) is 13.6 Å². The van der Waals surface area contributed by atoms with Crippen molar-refractivity contribution >= 4 is 5.91 Å². The van der Waals surface area contributed by atoms with Crippen LogP contribution in [0.4, 0.5) is 0 Å². The van der Waals surface area contributed by atoms with Crippen LogP contribution in [0.3, 0.4) is 0 Å². The molecule has 16 heavy (non-hydrogen) atoms. The first-order chi connectivity index (χ1) is 7.74. The quantitative estimate of drug-likeness (QED) is 0.705. The van der Waals surface area contributed by atoms with Gasteiger partial charge in [0.25, 0.3) is 0 Å². The predicted molar refractivity (Wildman–Crippen MR) is 64.0 cm³/mol. The number of aryl methyl sites for hydroxylation is 1. The first-order valence-electron chi connectivity index (χ1n) is 5.56. The van der Waals surface area contributed by atoms with Gasteiger partial charge in [-0.05, 0) is 31.5 Å². The molecule has 4 heteroatoms. The molecule has 88 valence electrons. The molecule has 0 aliphatic heterocycles. The largest absolute Gasteiger partial charge is 0.359 e. The summed E-state index contributed by atoms with van der Waals surface area (Å²) < 4.78 is 0. The fraction of sp³-hybridized carbons (Fsp3) is 0.500. The lowest BCUT2D eigenvalue weighted by atomic mass is 10.2. The van der Waals surface area contributed by atoms with Crippen molar-refractivity contribution in [3.8, 4) is 0 Å². The van der Waals surface area contributed by atoms with Gasteiger partial charge >= 0.3 is 0 Å². The highest BCUT2D eigenvalue weighted by Gasteiger charge is 1.99. The van der Waals surface area contributed by atoms with E-state index in [4.69, 9.17) is 0 Å². The Morgan fingerprint density at radius 3 is 3.00 bits per heavy atom. The van der Waals surface area contributed by atoms with Crippen molar-refractivity contribution in [1.29, 1.82) is 0 Å². The summed E-state index contributed by atoms with van der Waals surface area (Å²) in [6.45, 7) is 3.65. The number of nitrogens with one attached hydrogen (secondary N) is 2. The maximum absolute atomic E-state index is 10.9. The second-order valence-electron chi connectivity index (χ2n) is 3.72. The third-order valence-electron chi connectivity index (χ3n) is 2.45. The van der Waals surface area contributed by atoms with Gasteiger partial charge in [-0.25, -0.2) is 0 Å². The van der Waals surface area contributed by atoms with Crippen molar-refractivity contribution in [3.05, 3.63) is 29.6 Å². The third-order valence-corrected chi connectivity index (χ3v) is 2.45. The molecule has 2 N–H and O–H groups in total. The Morgan fingerprint density at radius 1 is 1.50 bits per heavy atom. The fourth-order valence-electron chi connectivity index (χ4n) is 1.41. The number of nitrogens with zero attached hydrogens (tertiary/aromatic N) is 1. The molecule has 1 aromatic heterocycles. The predicted octanol–water partition coefficient (Wildman–Crippen LogP) is 1.01. The number of pyridine rings is 1. The minimum atomic E-state index is 0.0933. The van der Waals surface area contributed by atoms with Gasteiger partial charge in [0.2, 0.25) is 5.91 Å². The molecule has 0 radical (unpaired) electrons. The van der Waals surface area contributed by atoms with Crippen LogP contribution in [0.1, 0.15) is 24.1 Å². The Bertz CT molecular complexity index is 339. The van der Waals surface area contributed by atoms with Crippen LogP contribution in [0, 0.1) is 6.92 Å². The van der Waals surface area contributed by atoms with E-state index in [1.165, 1.54) is 5.56 Å². The molecule has 1 amide bonds. The molecular weight excluding hydrogens is 202 g/mol. The second-order valence-corrected chi connectivity index (χ2v) is 3.72. The SMILES string of the molecule is CNC(=O)CCCNCc1ncccc1C. The molecule has 0 bridgehead atoms. The van der Waals surface area contributed by atoms with E-state index >= 15 is 0 Å². The maximum Gasteiger partial charge on any atom is 0.219 e. The molecule has 0 saturated carbocycles. The molecule has 0 saturated heterocycles. The maximum atomic E-state index is 10.9. The zero-order chi connectivity index (χ0) is 11.8. The molecule has 0 atom stereocenters. The van der Waals surface area contributed by atoms with Gasteiger partial charge in [-0.2, -0.15) is 0 Å². The van der Waals surface area contributed by atoms with Gasteiger partial charge in [-0.15, -0.1) is 0 Å². The van der Waals surface area contributed by atoms with Crippen LogP contribution in [-0.4, -0.2) is 24.5 Å². The van der Waals surface area contributed by atoms with Crippen LogP contribution in [-0.2, 0) is 11.3 Å². The van der Waals surface area contributed by atoms with Crippen LogP contribution < -0.4 is 10.6 Å². The molecule has 0 aliphatic carbocycles. The van der Waals surface area contributed by atoms with Crippen LogP contribution in [0.5, 0.6) is 0 Å². The highest BCUT2D eigenvalue weighted by Crippen LogP contribution is 2.02. The minimum absolute atomic E-state index is 0.0933. The van der Waals surface area contributed by atoms with Crippen LogP contribution >= 0.6 is 0 Å². The number of carbonyl (C=O) groups excluding carboxylic acids is 1. The Balaban J connectivity index is 2.17. The first-order valence-corrected chi connectivity index (χ1v) is 5.56. The summed E-state index contributed by atoms with van der Waals surface area (Å²) in [4.78, 5) is 15.2. The summed E-state index contributed by atoms with van der Waals surface area (Å²) in [6, 6.07) is 3.99. The summed E-state index contributed by atoms with van der Waals surface area (Å²) in [6.07, 6.45) is 3.23. The highest BCUT2D eigenvalue weighted by molar-refractivity contribution is 5.75. The molecule has 1 heterocycles. The Hall–Kier alpha value is -1.42. The van der Waals surface area contributed by atoms with E-state index in [1.807, 2.05) is 6.07 Å². The van der Waals surface area contributed by atoms with E-state index < -0.39 is 0 Å². The minimum Gasteiger partial charge on any atom is -0.359 e. The van der Waals surface area contributed by atoms with Gasteiger partial charge in [0.15, 0.2) is 0 Å². The zero-order valence-corrected chi connectivity index (χ0v) is 9.92. The van der Waals surface area contributed by atoms with E-state index in [0.717, 1.165) is 25.2 Å². The van der Waals surface area contributed by atoms with Gasteiger partial charge in [-0.3, -0.25) is 9.78 Å². The summed E-state index contributed by atoms with van der Waals surface area (Å²) in [5.74, 6) is 0.0933. The van der Waals surface area contributed by atoms with Gasteiger partial charge in [0.05, 0.1) is 5.69 Å². The van der Waals surface area contributed by atoms with Crippen molar-refractivity contribution < 1.29 is 4.79 Å². The summed E-state index contributed by atoms with van der Waals surface area (Å²) in [5.41, 5.74) is 2.27. The molecule has 0 aliphatic rings. The van der Waals surface area contributed by atoms with Crippen molar-refractivity contribution in [2.24, 2.45) is 0 Å². The Kier molecular flexibility index (Phi) is 5.50. The normalized spacial score (nSPS) is 10.1. The third kappa shape index (κ3) is 4.40. The van der Waals surface area contributed by atoms with Crippen molar-refractivity contribution in [2.45, 2.75) is 26.3 Å². The monoisotopic (exact) mass is 221 g/mol. The molecule has 0 spiro atoms. The van der Waals surface area contributed by atoms with E-state index in [9.17, 15) is 4.79 Å². The zero-order valence-electron chi connectivity index (χ0n) is 9.92. The average Bonchev–Trinajstić information content (AvgIpc) is 2.30. The number of rotatable bonds is 6.